The van der Waals surface area contributed by atoms with E-state index in [-0.39, 0.29) is 5.69 Å². The molecule has 0 aliphatic heterocycles. The summed E-state index contributed by atoms with van der Waals surface area (Å²) in [6.07, 6.45) is 4.20. The highest BCUT2D eigenvalue weighted by Gasteiger charge is 2.32. The van der Waals surface area contributed by atoms with Crippen LogP contribution in [0, 0.1) is 0 Å². The second-order valence-corrected chi connectivity index (χ2v) is 12.2. The van der Waals surface area contributed by atoms with Gasteiger partial charge in [0.2, 0.25) is 0 Å². The molecule has 2 aromatic rings. The van der Waals surface area contributed by atoms with E-state index in [1.165, 1.54) is 12.8 Å². The summed E-state index contributed by atoms with van der Waals surface area (Å²) in [6, 6.07) is 0. The molecule has 2 aliphatic rings. The van der Waals surface area contributed by atoms with Gasteiger partial charge in [0, 0.05) is 25.9 Å². The Hall–Kier alpha value is -2.14. The highest BCUT2D eigenvalue weighted by molar-refractivity contribution is 7.99. The third-order valence-corrected chi connectivity index (χ3v) is 7.48. The maximum Gasteiger partial charge on any atom is 0.413 e. The van der Waals surface area contributed by atoms with Crippen molar-refractivity contribution < 1.29 is 19.4 Å². The zero-order valence-electron chi connectivity index (χ0n) is 21.7. The van der Waals surface area contributed by atoms with Crippen molar-refractivity contribution in [3.05, 3.63) is 17.3 Å². The van der Waals surface area contributed by atoms with Gasteiger partial charge in [-0.25, -0.2) is 19.6 Å². The van der Waals surface area contributed by atoms with E-state index >= 15 is 0 Å². The lowest BCUT2D eigenvalue weighted by molar-refractivity contribution is 0.0632. The van der Waals surface area contributed by atoms with Crippen LogP contribution in [0.4, 0.5) is 10.6 Å². The lowest BCUT2D eigenvalue weighted by Crippen LogP contribution is -2.27. The van der Waals surface area contributed by atoms with Gasteiger partial charge in [0.05, 0.1) is 0 Å². The summed E-state index contributed by atoms with van der Waals surface area (Å²) in [5.41, 5.74) is -0.290. The van der Waals surface area contributed by atoms with E-state index in [2.05, 4.69) is 26.8 Å². The van der Waals surface area contributed by atoms with E-state index in [1.807, 2.05) is 46.4 Å². The molecule has 11 heteroatoms. The summed E-state index contributed by atoms with van der Waals surface area (Å²) in [7, 11) is 3.92. The van der Waals surface area contributed by atoms with E-state index < -0.39 is 17.7 Å². The maximum atomic E-state index is 11.9. The normalized spacial score (nSPS) is 15.4. The highest BCUT2D eigenvalue weighted by Crippen LogP contribution is 2.42. The van der Waals surface area contributed by atoms with Gasteiger partial charge < -0.3 is 19.0 Å². The molecule has 4 rings (SSSR count). The van der Waals surface area contributed by atoms with Gasteiger partial charge in [-0.2, -0.15) is 0 Å². The summed E-state index contributed by atoms with van der Waals surface area (Å²) in [5, 5.41) is 13.6. The van der Waals surface area contributed by atoms with E-state index in [1.54, 1.807) is 23.5 Å². The number of hydrogen-bond donors (Lipinski definition) is 2. The number of aromatic carboxylic acids is 1. The topological polar surface area (TPSA) is 111 Å². The Balaban J connectivity index is 0.000000203. The van der Waals surface area contributed by atoms with Crippen molar-refractivity contribution in [3.63, 3.8) is 0 Å². The minimum absolute atomic E-state index is 0.214. The summed E-state index contributed by atoms with van der Waals surface area (Å²) in [6.45, 7) is 9.65. The Morgan fingerprint density at radius 1 is 0.971 bits per heavy atom. The van der Waals surface area contributed by atoms with E-state index in [0.717, 1.165) is 46.0 Å². The molecule has 2 saturated carbocycles. The van der Waals surface area contributed by atoms with Crippen LogP contribution in [0.3, 0.4) is 0 Å². The first-order valence-electron chi connectivity index (χ1n) is 12.1. The van der Waals surface area contributed by atoms with Crippen LogP contribution in [0.2, 0.25) is 0 Å². The molecule has 0 aromatic carbocycles. The van der Waals surface area contributed by atoms with Crippen molar-refractivity contribution in [1.82, 2.24) is 19.1 Å². The summed E-state index contributed by atoms with van der Waals surface area (Å²) < 4.78 is 9.33. The lowest BCUT2D eigenvalue weighted by Gasteiger charge is -2.19. The van der Waals surface area contributed by atoms with Crippen molar-refractivity contribution in [1.29, 1.82) is 0 Å². The minimum atomic E-state index is -0.923. The molecule has 2 aliphatic carbocycles. The maximum absolute atomic E-state index is 11.9. The fraction of sp³-hybridized carbons (Fsp3) is 0.667. The first-order valence-corrected chi connectivity index (χ1v) is 14.1. The monoisotopic (exact) mass is 523 g/mol. The van der Waals surface area contributed by atoms with Crippen LogP contribution in [0.5, 0.6) is 0 Å². The zero-order chi connectivity index (χ0) is 25.9. The fourth-order valence-corrected chi connectivity index (χ4v) is 5.26. The number of imidazole rings is 2. The largest absolute Gasteiger partial charge is 0.476 e. The number of anilines is 1. The van der Waals surface area contributed by atoms with Crippen LogP contribution in [0.25, 0.3) is 0 Å². The highest BCUT2D eigenvalue weighted by atomic mass is 32.2. The Bertz CT molecular complexity index is 1070. The second-order valence-electron chi connectivity index (χ2n) is 9.71. The molecule has 2 N–H and O–H groups in total. The van der Waals surface area contributed by atoms with Gasteiger partial charge in [0.25, 0.3) is 0 Å². The van der Waals surface area contributed by atoms with Gasteiger partial charge in [-0.1, -0.05) is 13.8 Å². The number of nitrogens with one attached hydrogen (secondary N) is 1. The van der Waals surface area contributed by atoms with Crippen molar-refractivity contribution in [3.8, 4) is 0 Å². The summed E-state index contributed by atoms with van der Waals surface area (Å²) in [4.78, 5) is 31.7. The Morgan fingerprint density at radius 2 is 1.46 bits per heavy atom. The molecule has 2 heterocycles. The number of hydrogen-bond acceptors (Lipinski definition) is 7. The molecule has 0 bridgehead atoms. The summed E-state index contributed by atoms with van der Waals surface area (Å²) in [5.74, 6) is 4.53. The van der Waals surface area contributed by atoms with Gasteiger partial charge in [0.15, 0.2) is 11.5 Å². The molecule has 194 valence electrons. The smallest absolute Gasteiger partial charge is 0.413 e. The van der Waals surface area contributed by atoms with Gasteiger partial charge >= 0.3 is 12.1 Å². The average Bonchev–Trinajstić information content (AvgIpc) is 3.68. The number of aromatic nitrogens is 4. The molecular weight excluding hydrogens is 486 g/mol. The molecule has 0 radical (unpaired) electrons. The number of thioether (sulfide) groups is 2. The van der Waals surface area contributed by atoms with Crippen LogP contribution in [-0.4, -0.2) is 53.4 Å². The van der Waals surface area contributed by atoms with Gasteiger partial charge in [-0.15, -0.1) is 23.5 Å². The standard InChI is InChI=1S/C14H23N3O2S.C10H14N2O2S/c1-6-20-12-10(16-13(18)19-14(2,3)4)15-11(17(12)5)9-7-8-9;1-3-15-9-7(10(13)14)11-8(12(9)2)6-4-5-6/h9H,6-8H2,1-5H3,(H,16,18);6H,3-5H2,1-2H3,(H,13,14). The Morgan fingerprint density at radius 3 is 1.91 bits per heavy atom. The Labute approximate surface area is 215 Å². The van der Waals surface area contributed by atoms with E-state index in [9.17, 15) is 9.59 Å². The number of carboxylic acid groups (broad SMARTS) is 1. The van der Waals surface area contributed by atoms with Crippen molar-refractivity contribution in [2.75, 3.05) is 16.8 Å². The van der Waals surface area contributed by atoms with Gasteiger partial charge in [-0.05, 0) is 58.0 Å². The first-order chi connectivity index (χ1) is 16.5. The van der Waals surface area contributed by atoms with Crippen molar-refractivity contribution in [2.24, 2.45) is 14.1 Å². The molecule has 0 spiro atoms. The van der Waals surface area contributed by atoms with Gasteiger partial charge in [0.1, 0.15) is 27.3 Å². The summed E-state index contributed by atoms with van der Waals surface area (Å²) >= 11 is 3.23. The fourth-order valence-electron chi connectivity index (χ4n) is 3.64. The Kier molecular flexibility index (Phi) is 8.85. The zero-order valence-corrected chi connectivity index (χ0v) is 23.3. The van der Waals surface area contributed by atoms with E-state index in [4.69, 9.17) is 9.84 Å². The van der Waals surface area contributed by atoms with Crippen LogP contribution in [0.1, 0.15) is 94.3 Å². The second kappa shape index (κ2) is 11.3. The SMILES string of the molecule is CCSc1c(C(=O)O)nc(C2CC2)n1C.CCSc1c(NC(=O)OC(C)(C)C)nc(C2CC2)n1C. The molecule has 0 atom stereocenters. The molecule has 0 unspecified atom stereocenters. The predicted octanol–water partition coefficient (Wildman–Crippen LogP) is 5.86. The van der Waals surface area contributed by atoms with Crippen LogP contribution < -0.4 is 5.32 Å². The third-order valence-electron chi connectivity index (χ3n) is 5.42. The van der Waals surface area contributed by atoms with Crippen LogP contribution >= 0.6 is 23.5 Å². The van der Waals surface area contributed by atoms with Gasteiger partial charge in [-0.3, -0.25) is 5.32 Å². The number of ether oxygens (including phenoxy) is 1. The molecule has 35 heavy (non-hydrogen) atoms. The first kappa shape index (κ1) is 27.4. The number of carboxylic acids is 1. The quantitative estimate of drug-likeness (QED) is 0.414. The number of carbonyl (C=O) groups excluding carboxylic acids is 1. The van der Waals surface area contributed by atoms with Crippen LogP contribution in [-0.2, 0) is 18.8 Å². The number of nitrogens with zero attached hydrogens (tertiary/aromatic N) is 4. The van der Waals surface area contributed by atoms with Crippen molar-refractivity contribution >= 4 is 41.4 Å². The number of carbonyl (C=O) groups is 2. The number of rotatable bonds is 8. The minimum Gasteiger partial charge on any atom is -0.476 e. The molecule has 2 aromatic heterocycles. The number of amides is 1. The van der Waals surface area contributed by atoms with Crippen LogP contribution in [0.15, 0.2) is 10.1 Å². The molecule has 0 saturated heterocycles. The molecule has 2 fully saturated rings. The van der Waals surface area contributed by atoms with E-state index in [0.29, 0.717) is 17.7 Å². The van der Waals surface area contributed by atoms with Crippen molar-refractivity contribution in [2.45, 2.75) is 87.8 Å². The average molecular weight is 524 g/mol. The lowest BCUT2D eigenvalue weighted by atomic mass is 10.2. The molecule has 1 amide bonds. The molecule has 9 nitrogen and oxygen atoms in total. The molecular formula is C24H37N5O4S2. The third kappa shape index (κ3) is 7.19. The predicted molar refractivity (Wildman–Crippen MR) is 140 cm³/mol.